The highest BCUT2D eigenvalue weighted by atomic mass is 32.2. The number of hydrogen-bond acceptors (Lipinski definition) is 4. The molecule has 1 aromatic heterocycles. The van der Waals surface area contributed by atoms with Gasteiger partial charge >= 0.3 is 0 Å². The Labute approximate surface area is 165 Å². The number of amides is 1. The van der Waals surface area contributed by atoms with Crippen LogP contribution in [0.4, 0.5) is 5.69 Å². The second-order valence-corrected chi connectivity index (χ2v) is 9.99. The van der Waals surface area contributed by atoms with E-state index < -0.39 is 10.0 Å². The second-order valence-electron chi connectivity index (χ2n) is 6.96. The first-order valence-electron chi connectivity index (χ1n) is 9.37. The first-order valence-corrected chi connectivity index (χ1v) is 11.7. The standard InChI is InChI=1S/C20H26N2O3S2/c1-22(17-6-3-2-4-7-17)27(24,25)19-12-9-16(10-13-19)21-20(23)14-11-18-8-5-15-26-18/h5,8-10,12-13,15,17H,2-4,6-7,11,14H2,1H3,(H,21,23). The zero-order valence-corrected chi connectivity index (χ0v) is 17.2. The van der Waals surface area contributed by atoms with Crippen LogP contribution < -0.4 is 5.32 Å². The average Bonchev–Trinajstić information content (AvgIpc) is 3.20. The Morgan fingerprint density at radius 2 is 1.85 bits per heavy atom. The maximum Gasteiger partial charge on any atom is 0.243 e. The van der Waals surface area contributed by atoms with Gasteiger partial charge in [-0.25, -0.2) is 8.42 Å². The van der Waals surface area contributed by atoms with Crippen LogP contribution in [0.2, 0.25) is 0 Å². The lowest BCUT2D eigenvalue weighted by molar-refractivity contribution is -0.116. The van der Waals surface area contributed by atoms with Gasteiger partial charge in [-0.3, -0.25) is 4.79 Å². The Hall–Kier alpha value is -1.70. The van der Waals surface area contributed by atoms with Crippen molar-refractivity contribution in [2.45, 2.75) is 55.9 Å². The molecule has 0 spiro atoms. The minimum atomic E-state index is -3.50. The van der Waals surface area contributed by atoms with Crippen molar-refractivity contribution >= 4 is 33.0 Å². The van der Waals surface area contributed by atoms with Crippen LogP contribution in [0, 0.1) is 0 Å². The smallest absolute Gasteiger partial charge is 0.243 e. The van der Waals surface area contributed by atoms with E-state index in [1.165, 1.54) is 15.6 Å². The van der Waals surface area contributed by atoms with E-state index in [9.17, 15) is 13.2 Å². The molecular weight excluding hydrogens is 380 g/mol. The van der Waals surface area contributed by atoms with Gasteiger partial charge in [-0.2, -0.15) is 4.31 Å². The van der Waals surface area contributed by atoms with Crippen LogP contribution in [0.5, 0.6) is 0 Å². The van der Waals surface area contributed by atoms with Gasteiger partial charge in [0.15, 0.2) is 0 Å². The van der Waals surface area contributed by atoms with Gasteiger partial charge in [0.2, 0.25) is 15.9 Å². The fourth-order valence-electron chi connectivity index (χ4n) is 3.43. The molecule has 7 heteroatoms. The summed E-state index contributed by atoms with van der Waals surface area (Å²) in [6, 6.07) is 10.5. The number of sulfonamides is 1. The maximum atomic E-state index is 12.8. The van der Waals surface area contributed by atoms with Crippen LogP contribution >= 0.6 is 11.3 Å². The number of hydrogen-bond donors (Lipinski definition) is 1. The molecular formula is C20H26N2O3S2. The normalized spacial score (nSPS) is 15.8. The highest BCUT2D eigenvalue weighted by molar-refractivity contribution is 7.89. The fraction of sp³-hybridized carbons (Fsp3) is 0.450. The Morgan fingerprint density at radius 1 is 1.15 bits per heavy atom. The van der Waals surface area contributed by atoms with E-state index in [1.54, 1.807) is 42.6 Å². The molecule has 2 aromatic rings. The highest BCUT2D eigenvalue weighted by Crippen LogP contribution is 2.27. The van der Waals surface area contributed by atoms with Crippen LogP contribution in [0.15, 0.2) is 46.7 Å². The molecule has 3 rings (SSSR count). The lowest BCUT2D eigenvalue weighted by atomic mass is 9.96. The molecule has 1 aromatic carbocycles. The van der Waals surface area contributed by atoms with E-state index in [0.29, 0.717) is 18.5 Å². The molecule has 0 atom stereocenters. The molecule has 1 N–H and O–H groups in total. The van der Waals surface area contributed by atoms with E-state index in [0.717, 1.165) is 25.7 Å². The maximum absolute atomic E-state index is 12.8. The molecule has 0 radical (unpaired) electrons. The molecule has 0 saturated heterocycles. The Bertz CT molecular complexity index is 840. The zero-order valence-electron chi connectivity index (χ0n) is 15.6. The second kappa shape index (κ2) is 8.99. The number of anilines is 1. The first-order chi connectivity index (χ1) is 13.0. The molecule has 1 saturated carbocycles. The van der Waals surface area contributed by atoms with Crippen LogP contribution in [-0.2, 0) is 21.2 Å². The van der Waals surface area contributed by atoms with Crippen molar-refractivity contribution in [2.24, 2.45) is 0 Å². The average molecular weight is 407 g/mol. The Kier molecular flexibility index (Phi) is 6.68. The number of thiophene rings is 1. The minimum Gasteiger partial charge on any atom is -0.326 e. The third-order valence-electron chi connectivity index (χ3n) is 5.08. The quantitative estimate of drug-likeness (QED) is 0.747. The summed E-state index contributed by atoms with van der Waals surface area (Å²) in [4.78, 5) is 13.5. The molecule has 5 nitrogen and oxygen atoms in total. The summed E-state index contributed by atoms with van der Waals surface area (Å²) >= 11 is 1.64. The van der Waals surface area contributed by atoms with Crippen molar-refractivity contribution < 1.29 is 13.2 Å². The monoisotopic (exact) mass is 406 g/mol. The number of aryl methyl sites for hydroxylation is 1. The van der Waals surface area contributed by atoms with Gasteiger partial charge in [-0.05, 0) is 55.0 Å². The molecule has 1 amide bonds. The van der Waals surface area contributed by atoms with E-state index in [2.05, 4.69) is 5.32 Å². The highest BCUT2D eigenvalue weighted by Gasteiger charge is 2.28. The summed E-state index contributed by atoms with van der Waals surface area (Å²) in [5.74, 6) is -0.0710. The Balaban J connectivity index is 1.59. The zero-order chi connectivity index (χ0) is 19.3. The van der Waals surface area contributed by atoms with Crippen molar-refractivity contribution in [1.82, 2.24) is 4.31 Å². The van der Waals surface area contributed by atoms with Gasteiger partial charge in [0, 0.05) is 30.1 Å². The van der Waals surface area contributed by atoms with Crippen LogP contribution in [0.1, 0.15) is 43.4 Å². The summed E-state index contributed by atoms with van der Waals surface area (Å²) in [5.41, 5.74) is 0.616. The number of benzene rings is 1. The summed E-state index contributed by atoms with van der Waals surface area (Å²) in [6.07, 6.45) is 6.32. The van der Waals surface area contributed by atoms with Crippen LogP contribution in [0.25, 0.3) is 0 Å². The predicted molar refractivity (Wildman–Crippen MR) is 110 cm³/mol. The molecule has 146 valence electrons. The first kappa shape index (κ1) is 20.0. The summed E-state index contributed by atoms with van der Waals surface area (Å²) in [7, 11) is -1.83. The van der Waals surface area contributed by atoms with Crippen molar-refractivity contribution in [3.63, 3.8) is 0 Å². The van der Waals surface area contributed by atoms with Gasteiger partial charge in [0.25, 0.3) is 0 Å². The van der Waals surface area contributed by atoms with Crippen LogP contribution in [-0.4, -0.2) is 31.7 Å². The van der Waals surface area contributed by atoms with Gasteiger partial charge in [-0.1, -0.05) is 25.3 Å². The molecule has 1 heterocycles. The van der Waals surface area contributed by atoms with Gasteiger partial charge in [0.05, 0.1) is 4.90 Å². The van der Waals surface area contributed by atoms with Crippen molar-refractivity contribution in [2.75, 3.05) is 12.4 Å². The summed E-state index contributed by atoms with van der Waals surface area (Å²) in [5, 5.41) is 4.83. The summed E-state index contributed by atoms with van der Waals surface area (Å²) in [6.45, 7) is 0. The van der Waals surface area contributed by atoms with Gasteiger partial charge in [-0.15, -0.1) is 11.3 Å². The number of carbonyl (C=O) groups excluding carboxylic acids is 1. The molecule has 1 fully saturated rings. The number of rotatable bonds is 7. The topological polar surface area (TPSA) is 66.5 Å². The molecule has 1 aliphatic carbocycles. The fourth-order valence-corrected chi connectivity index (χ4v) is 5.56. The molecule has 27 heavy (non-hydrogen) atoms. The largest absolute Gasteiger partial charge is 0.326 e. The van der Waals surface area contributed by atoms with Gasteiger partial charge in [0.1, 0.15) is 0 Å². The number of nitrogens with one attached hydrogen (secondary N) is 1. The van der Waals surface area contributed by atoms with E-state index in [4.69, 9.17) is 0 Å². The minimum absolute atomic E-state index is 0.0710. The molecule has 0 bridgehead atoms. The predicted octanol–water partition coefficient (Wildman–Crippen LogP) is 4.27. The summed E-state index contributed by atoms with van der Waals surface area (Å²) < 4.78 is 27.2. The third kappa shape index (κ3) is 5.18. The number of nitrogens with zero attached hydrogens (tertiary/aromatic N) is 1. The lowest BCUT2D eigenvalue weighted by Gasteiger charge is -2.30. The van der Waals surface area contributed by atoms with Crippen molar-refractivity contribution in [1.29, 1.82) is 0 Å². The molecule has 0 aliphatic heterocycles. The van der Waals surface area contributed by atoms with Gasteiger partial charge < -0.3 is 5.32 Å². The van der Waals surface area contributed by atoms with E-state index in [1.807, 2.05) is 17.5 Å². The molecule has 1 aliphatic rings. The van der Waals surface area contributed by atoms with Crippen molar-refractivity contribution in [3.8, 4) is 0 Å². The lowest BCUT2D eigenvalue weighted by Crippen LogP contribution is -2.38. The Morgan fingerprint density at radius 3 is 2.48 bits per heavy atom. The SMILES string of the molecule is CN(C1CCCCC1)S(=O)(=O)c1ccc(NC(=O)CCc2cccs2)cc1. The third-order valence-corrected chi connectivity index (χ3v) is 7.94. The van der Waals surface area contributed by atoms with E-state index in [-0.39, 0.29) is 16.8 Å². The number of carbonyl (C=O) groups is 1. The van der Waals surface area contributed by atoms with Crippen molar-refractivity contribution in [3.05, 3.63) is 46.7 Å². The molecule has 0 unspecified atom stereocenters. The van der Waals surface area contributed by atoms with Crippen LogP contribution in [0.3, 0.4) is 0 Å². The van der Waals surface area contributed by atoms with E-state index >= 15 is 0 Å².